The molecule has 0 aliphatic carbocycles. The Labute approximate surface area is 134 Å². The van der Waals surface area contributed by atoms with E-state index in [4.69, 9.17) is 11.6 Å². The average molecular weight is 326 g/mol. The predicted molar refractivity (Wildman–Crippen MR) is 86.8 cm³/mol. The summed E-state index contributed by atoms with van der Waals surface area (Å²) in [5.74, 6) is -0.885. The average Bonchev–Trinajstić information content (AvgIpc) is 2.38. The van der Waals surface area contributed by atoms with Crippen LogP contribution in [0, 0.1) is 5.92 Å². The minimum Gasteiger partial charge on any atom is -0.344 e. The van der Waals surface area contributed by atoms with Crippen LogP contribution >= 0.6 is 11.6 Å². The van der Waals surface area contributed by atoms with Gasteiger partial charge in [-0.05, 0) is 24.1 Å². The van der Waals surface area contributed by atoms with Gasteiger partial charge >= 0.3 is 0 Å². The molecular weight excluding hydrogens is 306 g/mol. The van der Waals surface area contributed by atoms with Crippen LogP contribution in [0.25, 0.3) is 0 Å². The number of carbonyl (C=O) groups excluding carboxylic acids is 3. The highest BCUT2D eigenvalue weighted by atomic mass is 35.5. The van der Waals surface area contributed by atoms with Gasteiger partial charge in [0.25, 0.3) is 0 Å². The first-order valence-corrected chi connectivity index (χ1v) is 7.23. The van der Waals surface area contributed by atoms with Crippen LogP contribution in [-0.4, -0.2) is 23.8 Å². The van der Waals surface area contributed by atoms with Gasteiger partial charge in [0.2, 0.25) is 17.7 Å². The third-order valence-electron chi connectivity index (χ3n) is 2.86. The van der Waals surface area contributed by atoms with Gasteiger partial charge in [-0.15, -0.1) is 0 Å². The second kappa shape index (κ2) is 7.79. The summed E-state index contributed by atoms with van der Waals surface area (Å²) in [6.07, 6.45) is 0. The molecule has 0 unspecified atom stereocenters. The van der Waals surface area contributed by atoms with E-state index in [-0.39, 0.29) is 23.6 Å². The second-order valence-electron chi connectivity index (χ2n) is 5.29. The maximum absolute atomic E-state index is 12.2. The number of carbonyl (C=O) groups is 3. The zero-order valence-electron chi connectivity index (χ0n) is 13.0. The van der Waals surface area contributed by atoms with E-state index >= 15 is 0 Å². The Morgan fingerprint density at radius 2 is 1.68 bits per heavy atom. The van der Waals surface area contributed by atoms with Crippen molar-refractivity contribution >= 4 is 40.7 Å². The molecule has 0 aliphatic heterocycles. The molecule has 0 saturated heterocycles. The molecule has 0 aliphatic rings. The molecule has 0 heterocycles. The second-order valence-corrected chi connectivity index (χ2v) is 5.69. The fourth-order valence-electron chi connectivity index (χ4n) is 1.86. The predicted octanol–water partition coefficient (Wildman–Crippen LogP) is 2.40. The molecule has 1 aromatic rings. The lowest BCUT2D eigenvalue weighted by atomic mass is 10.0. The minimum absolute atomic E-state index is 0.0574. The molecule has 0 aromatic heterocycles. The normalized spacial score (nSPS) is 11.7. The van der Waals surface area contributed by atoms with E-state index in [2.05, 4.69) is 16.0 Å². The van der Waals surface area contributed by atoms with Crippen molar-refractivity contribution in [2.45, 2.75) is 33.7 Å². The molecule has 1 aromatic carbocycles. The highest BCUT2D eigenvalue weighted by molar-refractivity contribution is 6.34. The molecule has 0 saturated carbocycles. The summed E-state index contributed by atoms with van der Waals surface area (Å²) in [5.41, 5.74) is 0.953. The summed E-state index contributed by atoms with van der Waals surface area (Å²) in [6, 6.07) is 4.13. The van der Waals surface area contributed by atoms with Crippen molar-refractivity contribution in [2.24, 2.45) is 5.92 Å². The van der Waals surface area contributed by atoms with Crippen LogP contribution in [-0.2, 0) is 14.4 Å². The summed E-state index contributed by atoms with van der Waals surface area (Å²) in [6.45, 7) is 6.43. The molecule has 0 radical (unpaired) electrons. The summed E-state index contributed by atoms with van der Waals surface area (Å²) in [5, 5.41) is 8.20. The largest absolute Gasteiger partial charge is 0.344 e. The first kappa shape index (κ1) is 18.0. The highest BCUT2D eigenvalue weighted by Gasteiger charge is 2.23. The smallest absolute Gasteiger partial charge is 0.247 e. The maximum atomic E-state index is 12.2. The minimum atomic E-state index is -0.633. The van der Waals surface area contributed by atoms with Crippen LogP contribution in [0.4, 0.5) is 11.4 Å². The third kappa shape index (κ3) is 5.37. The maximum Gasteiger partial charge on any atom is 0.247 e. The Morgan fingerprint density at radius 1 is 1.05 bits per heavy atom. The van der Waals surface area contributed by atoms with Crippen molar-refractivity contribution in [2.75, 3.05) is 10.6 Å². The number of nitrogens with one attached hydrogen (secondary N) is 3. The van der Waals surface area contributed by atoms with E-state index < -0.39 is 6.04 Å². The Balaban J connectivity index is 2.85. The van der Waals surface area contributed by atoms with Gasteiger partial charge in [-0.25, -0.2) is 0 Å². The number of halogens is 1. The molecule has 22 heavy (non-hydrogen) atoms. The number of rotatable bonds is 5. The van der Waals surface area contributed by atoms with Crippen LogP contribution in [0.1, 0.15) is 27.7 Å². The third-order valence-corrected chi connectivity index (χ3v) is 3.17. The van der Waals surface area contributed by atoms with Gasteiger partial charge in [-0.3, -0.25) is 14.4 Å². The zero-order chi connectivity index (χ0) is 16.9. The van der Waals surface area contributed by atoms with Crippen LogP contribution in [0.5, 0.6) is 0 Å². The van der Waals surface area contributed by atoms with Gasteiger partial charge in [0.05, 0.1) is 10.7 Å². The number of hydrogen-bond donors (Lipinski definition) is 3. The quantitative estimate of drug-likeness (QED) is 0.776. The van der Waals surface area contributed by atoms with E-state index in [1.807, 2.05) is 13.8 Å². The SMILES string of the molecule is CC(=O)Nc1ccc(NC(=O)[C@H](NC(C)=O)C(C)C)cc1Cl. The molecule has 3 N–H and O–H groups in total. The molecule has 0 bridgehead atoms. The van der Waals surface area contributed by atoms with Crippen LogP contribution < -0.4 is 16.0 Å². The number of hydrogen-bond acceptors (Lipinski definition) is 3. The van der Waals surface area contributed by atoms with Crippen molar-refractivity contribution in [3.63, 3.8) is 0 Å². The molecular formula is C15H20ClN3O3. The van der Waals surface area contributed by atoms with Gasteiger partial charge < -0.3 is 16.0 Å². The van der Waals surface area contributed by atoms with Gasteiger partial charge in [-0.2, -0.15) is 0 Å². The molecule has 1 rings (SSSR count). The topological polar surface area (TPSA) is 87.3 Å². The lowest BCUT2D eigenvalue weighted by molar-refractivity contribution is -0.126. The summed E-state index contributed by atoms with van der Waals surface area (Å²) in [4.78, 5) is 34.4. The van der Waals surface area contributed by atoms with E-state index in [1.54, 1.807) is 12.1 Å². The van der Waals surface area contributed by atoms with Crippen LogP contribution in [0.2, 0.25) is 5.02 Å². The van der Waals surface area contributed by atoms with Crippen LogP contribution in [0.3, 0.4) is 0 Å². The van der Waals surface area contributed by atoms with Gasteiger partial charge in [0.15, 0.2) is 0 Å². The van der Waals surface area contributed by atoms with Crippen molar-refractivity contribution in [3.8, 4) is 0 Å². The molecule has 6 nitrogen and oxygen atoms in total. The standard InChI is InChI=1S/C15H20ClN3O3/c1-8(2)14(18-10(4)21)15(22)19-11-5-6-13(12(16)7-11)17-9(3)20/h5-8,14H,1-4H3,(H,17,20)(H,18,21)(H,19,22)/t14-/m1/s1. The lowest BCUT2D eigenvalue weighted by Gasteiger charge is -2.21. The Bertz CT molecular complexity index is 587. The Morgan fingerprint density at radius 3 is 2.14 bits per heavy atom. The first-order valence-electron chi connectivity index (χ1n) is 6.85. The summed E-state index contributed by atoms with van der Waals surface area (Å²) >= 11 is 6.05. The zero-order valence-corrected chi connectivity index (χ0v) is 13.7. The fraction of sp³-hybridized carbons (Fsp3) is 0.400. The Kier molecular flexibility index (Phi) is 6.37. The van der Waals surface area contributed by atoms with Crippen molar-refractivity contribution in [1.82, 2.24) is 5.32 Å². The molecule has 0 spiro atoms. The molecule has 3 amide bonds. The summed E-state index contributed by atoms with van der Waals surface area (Å²) in [7, 11) is 0. The van der Waals surface area contributed by atoms with Gasteiger partial charge in [-0.1, -0.05) is 25.4 Å². The fourth-order valence-corrected chi connectivity index (χ4v) is 2.09. The number of amides is 3. The summed E-state index contributed by atoms with van der Waals surface area (Å²) < 4.78 is 0. The van der Waals surface area contributed by atoms with E-state index in [9.17, 15) is 14.4 Å². The van der Waals surface area contributed by atoms with Crippen molar-refractivity contribution in [1.29, 1.82) is 0 Å². The number of benzene rings is 1. The van der Waals surface area contributed by atoms with Crippen molar-refractivity contribution < 1.29 is 14.4 Å². The molecule has 120 valence electrons. The number of anilines is 2. The van der Waals surface area contributed by atoms with Crippen molar-refractivity contribution in [3.05, 3.63) is 23.2 Å². The molecule has 7 heteroatoms. The molecule has 1 atom stereocenters. The van der Waals surface area contributed by atoms with E-state index in [0.29, 0.717) is 16.4 Å². The van der Waals surface area contributed by atoms with Gasteiger partial charge in [0.1, 0.15) is 6.04 Å². The lowest BCUT2D eigenvalue weighted by Crippen LogP contribution is -2.46. The van der Waals surface area contributed by atoms with Crippen LogP contribution in [0.15, 0.2) is 18.2 Å². The molecule has 0 fully saturated rings. The van der Waals surface area contributed by atoms with E-state index in [1.165, 1.54) is 19.9 Å². The highest BCUT2D eigenvalue weighted by Crippen LogP contribution is 2.25. The first-order chi connectivity index (χ1) is 10.2. The monoisotopic (exact) mass is 325 g/mol. The Hall–Kier alpha value is -2.08. The van der Waals surface area contributed by atoms with E-state index in [0.717, 1.165) is 0 Å². The van der Waals surface area contributed by atoms with Gasteiger partial charge in [0, 0.05) is 19.5 Å².